The number of anilines is 2. The first kappa shape index (κ1) is 28.7. The molecule has 0 aliphatic heterocycles. The molecule has 204 valence electrons. The molecule has 4 aromatic carbocycles. The van der Waals surface area contributed by atoms with E-state index in [-0.39, 0.29) is 11.6 Å². The van der Waals surface area contributed by atoms with Gasteiger partial charge in [0.1, 0.15) is 11.6 Å². The summed E-state index contributed by atoms with van der Waals surface area (Å²) < 4.78 is 31.6. The first-order chi connectivity index (χ1) is 19.0. The van der Waals surface area contributed by atoms with Crippen molar-refractivity contribution >= 4 is 23.1 Å². The SMILES string of the molecule is CCN(CC)c1ccc(C(c2ccc(SCc3ccccc3)cc2)c2ccc(N(CC)CC)cc2F)c(F)c1. The van der Waals surface area contributed by atoms with Crippen LogP contribution in [-0.4, -0.2) is 26.2 Å². The molecule has 2 nitrogen and oxygen atoms in total. The van der Waals surface area contributed by atoms with Crippen LogP contribution in [0.15, 0.2) is 95.9 Å². The highest BCUT2D eigenvalue weighted by atomic mass is 32.2. The van der Waals surface area contributed by atoms with Crippen molar-refractivity contribution in [2.45, 2.75) is 44.3 Å². The molecule has 4 rings (SSSR count). The Morgan fingerprint density at radius 1 is 0.615 bits per heavy atom. The molecule has 0 aliphatic rings. The predicted octanol–water partition coefficient (Wildman–Crippen LogP) is 9.13. The highest BCUT2D eigenvalue weighted by molar-refractivity contribution is 7.98. The minimum absolute atomic E-state index is 0.320. The van der Waals surface area contributed by atoms with Gasteiger partial charge in [-0.1, -0.05) is 54.6 Å². The van der Waals surface area contributed by atoms with Gasteiger partial charge in [-0.25, -0.2) is 8.78 Å². The minimum atomic E-state index is -0.560. The first-order valence-electron chi connectivity index (χ1n) is 13.8. The molecule has 0 saturated carbocycles. The molecule has 0 N–H and O–H groups in total. The Bertz CT molecular complexity index is 1270. The summed E-state index contributed by atoms with van der Waals surface area (Å²) in [5, 5.41) is 0. The van der Waals surface area contributed by atoms with Gasteiger partial charge in [0.05, 0.1) is 0 Å². The zero-order valence-corrected chi connectivity index (χ0v) is 24.1. The van der Waals surface area contributed by atoms with Crippen molar-refractivity contribution in [1.29, 1.82) is 0 Å². The van der Waals surface area contributed by atoms with Crippen LogP contribution in [0.2, 0.25) is 0 Å². The average Bonchev–Trinajstić information content (AvgIpc) is 2.96. The number of nitrogens with zero attached hydrogens (tertiary/aromatic N) is 2. The monoisotopic (exact) mass is 544 g/mol. The largest absolute Gasteiger partial charge is 0.372 e. The normalized spacial score (nSPS) is 11.2. The Morgan fingerprint density at radius 3 is 1.54 bits per heavy atom. The van der Waals surface area contributed by atoms with Crippen molar-refractivity contribution in [3.63, 3.8) is 0 Å². The molecule has 39 heavy (non-hydrogen) atoms. The molecule has 0 spiro atoms. The summed E-state index contributed by atoms with van der Waals surface area (Å²) >= 11 is 1.75. The van der Waals surface area contributed by atoms with Gasteiger partial charge in [-0.2, -0.15) is 0 Å². The smallest absolute Gasteiger partial charge is 0.129 e. The quantitative estimate of drug-likeness (QED) is 0.130. The van der Waals surface area contributed by atoms with E-state index in [2.05, 4.69) is 61.8 Å². The second-order valence-electron chi connectivity index (χ2n) is 9.53. The molecule has 0 bridgehead atoms. The van der Waals surface area contributed by atoms with Gasteiger partial charge in [-0.15, -0.1) is 11.8 Å². The fraction of sp³-hybridized carbons (Fsp3) is 0.294. The lowest BCUT2D eigenvalue weighted by molar-refractivity contribution is 0.586. The molecular weight excluding hydrogens is 506 g/mol. The van der Waals surface area contributed by atoms with Gasteiger partial charge in [0.2, 0.25) is 0 Å². The standard InChI is InChI=1S/C34H38F2N2S/c1-5-37(6-2)27-16-20-30(32(35)22-27)34(31-21-17-28(23-33(31)36)38(7-3)8-4)26-14-18-29(19-15-26)39-24-25-12-10-9-11-13-25/h9-23,34H,5-8,24H2,1-4H3. The van der Waals surface area contributed by atoms with E-state index in [1.54, 1.807) is 23.9 Å². The van der Waals surface area contributed by atoms with E-state index in [4.69, 9.17) is 0 Å². The third-order valence-corrected chi connectivity index (χ3v) is 8.39. The summed E-state index contributed by atoms with van der Waals surface area (Å²) in [4.78, 5) is 5.34. The molecule has 0 aromatic heterocycles. The van der Waals surface area contributed by atoms with Crippen molar-refractivity contribution in [2.75, 3.05) is 36.0 Å². The molecule has 0 radical (unpaired) electrons. The van der Waals surface area contributed by atoms with E-state index in [9.17, 15) is 0 Å². The maximum absolute atomic E-state index is 15.8. The summed E-state index contributed by atoms with van der Waals surface area (Å²) in [6, 6.07) is 29.2. The lowest BCUT2D eigenvalue weighted by atomic mass is 9.84. The minimum Gasteiger partial charge on any atom is -0.372 e. The number of hydrogen-bond acceptors (Lipinski definition) is 3. The molecule has 0 fully saturated rings. The topological polar surface area (TPSA) is 6.48 Å². The molecule has 4 aromatic rings. The Balaban J connectivity index is 1.72. The molecule has 0 aliphatic carbocycles. The molecule has 5 heteroatoms. The fourth-order valence-electron chi connectivity index (χ4n) is 5.10. The van der Waals surface area contributed by atoms with Crippen LogP contribution in [0.25, 0.3) is 0 Å². The van der Waals surface area contributed by atoms with E-state index < -0.39 is 5.92 Å². The van der Waals surface area contributed by atoms with Crippen LogP contribution in [0.1, 0.15) is 55.9 Å². The highest BCUT2D eigenvalue weighted by Gasteiger charge is 2.24. The van der Waals surface area contributed by atoms with Crippen molar-refractivity contribution in [3.8, 4) is 0 Å². The third kappa shape index (κ3) is 6.83. The van der Waals surface area contributed by atoms with Crippen molar-refractivity contribution in [3.05, 3.63) is 125 Å². The molecule has 0 heterocycles. The Labute approximate surface area is 236 Å². The number of halogens is 2. The molecule has 0 atom stereocenters. The fourth-order valence-corrected chi connectivity index (χ4v) is 5.95. The third-order valence-electron chi connectivity index (χ3n) is 7.31. The number of hydrogen-bond donors (Lipinski definition) is 0. The number of rotatable bonds is 12. The molecule has 0 saturated heterocycles. The summed E-state index contributed by atoms with van der Waals surface area (Å²) in [6.07, 6.45) is 0. The van der Waals surface area contributed by atoms with E-state index >= 15 is 8.78 Å². The summed E-state index contributed by atoms with van der Waals surface area (Å²) in [5.41, 5.74) is 4.75. The lowest BCUT2D eigenvalue weighted by Crippen LogP contribution is -2.22. The molecule has 0 unspecified atom stereocenters. The Hall–Kier alpha value is -3.31. The zero-order chi connectivity index (χ0) is 27.8. The van der Waals surface area contributed by atoms with Gasteiger partial charge < -0.3 is 9.80 Å². The summed E-state index contributed by atoms with van der Waals surface area (Å²) in [5.74, 6) is -0.333. The number of thioether (sulfide) groups is 1. The Morgan fingerprint density at radius 2 is 1.10 bits per heavy atom. The van der Waals surface area contributed by atoms with Gasteiger partial charge >= 0.3 is 0 Å². The van der Waals surface area contributed by atoms with E-state index in [0.29, 0.717) is 11.1 Å². The average molecular weight is 545 g/mol. The molecular formula is C34H38F2N2S. The van der Waals surface area contributed by atoms with Gasteiger partial charge in [0.15, 0.2) is 0 Å². The zero-order valence-electron chi connectivity index (χ0n) is 23.3. The second-order valence-corrected chi connectivity index (χ2v) is 10.6. The van der Waals surface area contributed by atoms with Crippen molar-refractivity contribution < 1.29 is 8.78 Å². The van der Waals surface area contributed by atoms with Crippen molar-refractivity contribution in [2.24, 2.45) is 0 Å². The lowest BCUT2D eigenvalue weighted by Gasteiger charge is -2.26. The van der Waals surface area contributed by atoms with Gasteiger partial charge in [-0.3, -0.25) is 0 Å². The maximum Gasteiger partial charge on any atom is 0.129 e. The highest BCUT2D eigenvalue weighted by Crippen LogP contribution is 2.38. The second kappa shape index (κ2) is 13.7. The maximum atomic E-state index is 15.8. The van der Waals surface area contributed by atoms with Crippen LogP contribution in [0.5, 0.6) is 0 Å². The van der Waals surface area contributed by atoms with Crippen molar-refractivity contribution in [1.82, 2.24) is 0 Å². The van der Waals surface area contributed by atoms with Gasteiger partial charge in [-0.05, 0) is 86.3 Å². The van der Waals surface area contributed by atoms with Gasteiger partial charge in [0.25, 0.3) is 0 Å². The van der Waals surface area contributed by atoms with E-state index in [1.807, 2.05) is 54.6 Å². The van der Waals surface area contributed by atoms with Crippen LogP contribution >= 0.6 is 11.8 Å². The van der Waals surface area contributed by atoms with Gasteiger partial charge in [0, 0.05) is 54.1 Å². The van der Waals surface area contributed by atoms with Crippen LogP contribution in [0.4, 0.5) is 20.2 Å². The number of benzene rings is 4. The summed E-state index contributed by atoms with van der Waals surface area (Å²) in [6.45, 7) is 11.4. The van der Waals surface area contributed by atoms with Crippen LogP contribution in [0, 0.1) is 11.6 Å². The van der Waals surface area contributed by atoms with Crippen LogP contribution in [0.3, 0.4) is 0 Å². The first-order valence-corrected chi connectivity index (χ1v) is 14.8. The molecule has 0 amide bonds. The van der Waals surface area contributed by atoms with Crippen LogP contribution < -0.4 is 9.80 Å². The van der Waals surface area contributed by atoms with E-state index in [0.717, 1.165) is 53.8 Å². The summed E-state index contributed by atoms with van der Waals surface area (Å²) in [7, 11) is 0. The predicted molar refractivity (Wildman–Crippen MR) is 163 cm³/mol. The van der Waals surface area contributed by atoms with Crippen LogP contribution in [-0.2, 0) is 5.75 Å². The van der Waals surface area contributed by atoms with E-state index in [1.165, 1.54) is 5.56 Å². The Kier molecular flexibility index (Phi) is 10.0.